The zero-order valence-electron chi connectivity index (χ0n) is 21.2. The number of aryl methyl sites for hydroxylation is 1. The number of nitrogens with zero attached hydrogens (tertiary/aromatic N) is 3. The first-order valence-corrected chi connectivity index (χ1v) is 12.4. The molecule has 2 heterocycles. The van der Waals surface area contributed by atoms with Crippen LogP contribution in [0.3, 0.4) is 0 Å². The molecule has 0 unspecified atom stereocenters. The fourth-order valence-corrected chi connectivity index (χ4v) is 4.68. The Bertz CT molecular complexity index is 1180. The first-order valence-electron chi connectivity index (χ1n) is 12.4. The average molecular weight is 514 g/mol. The van der Waals surface area contributed by atoms with Gasteiger partial charge < -0.3 is 25.3 Å². The van der Waals surface area contributed by atoms with E-state index in [9.17, 15) is 19.1 Å². The second-order valence-corrected chi connectivity index (χ2v) is 9.52. The van der Waals surface area contributed by atoms with Gasteiger partial charge in [-0.2, -0.15) is 0 Å². The Kier molecular flexibility index (Phi) is 8.32. The predicted molar refractivity (Wildman–Crippen MR) is 132 cm³/mol. The van der Waals surface area contributed by atoms with Crippen molar-refractivity contribution < 1.29 is 28.7 Å². The van der Waals surface area contributed by atoms with E-state index in [-0.39, 0.29) is 41.9 Å². The number of ether oxygens (including phenoxy) is 1. The molecule has 2 aliphatic rings. The van der Waals surface area contributed by atoms with E-state index < -0.39 is 11.9 Å². The number of nitrogens with one attached hydrogen (secondary N) is 2. The number of aromatic nitrogens is 2. The van der Waals surface area contributed by atoms with E-state index in [1.54, 1.807) is 19.1 Å². The van der Waals surface area contributed by atoms with Crippen LogP contribution in [-0.2, 0) is 16.2 Å². The Balaban J connectivity index is 1.33. The van der Waals surface area contributed by atoms with Crippen molar-refractivity contribution >= 4 is 17.5 Å². The van der Waals surface area contributed by atoms with Crippen molar-refractivity contribution in [3.8, 4) is 5.75 Å². The van der Waals surface area contributed by atoms with Gasteiger partial charge in [-0.25, -0.2) is 14.4 Å². The molecule has 2 atom stereocenters. The van der Waals surface area contributed by atoms with E-state index in [0.717, 1.165) is 25.7 Å². The lowest BCUT2D eigenvalue weighted by Crippen LogP contribution is -2.43. The molecule has 0 spiro atoms. The summed E-state index contributed by atoms with van der Waals surface area (Å²) in [6.07, 6.45) is 2.85. The number of hydrogen-bond donors (Lipinski definition) is 3. The van der Waals surface area contributed by atoms with Crippen LogP contribution in [0.25, 0.3) is 0 Å². The molecule has 11 heteroatoms. The third-order valence-electron chi connectivity index (χ3n) is 6.75. The predicted octanol–water partition coefficient (Wildman–Crippen LogP) is 2.41. The number of rotatable bonds is 8. The number of aliphatic hydroxyl groups excluding tert-OH is 1. The molecule has 1 fully saturated rings. The van der Waals surface area contributed by atoms with E-state index in [0.29, 0.717) is 35.1 Å². The highest BCUT2D eigenvalue weighted by Crippen LogP contribution is 2.33. The number of methoxy groups -OCH3 is 1. The van der Waals surface area contributed by atoms with Crippen molar-refractivity contribution in [2.24, 2.45) is 11.1 Å². The van der Waals surface area contributed by atoms with Crippen LogP contribution in [0.4, 0.5) is 4.39 Å². The third kappa shape index (κ3) is 6.59. The minimum Gasteiger partial charge on any atom is -0.494 e. The molecule has 0 bridgehead atoms. The van der Waals surface area contributed by atoms with Crippen LogP contribution in [0, 0.1) is 18.7 Å². The highest BCUT2D eigenvalue weighted by atomic mass is 19.1. The molecule has 4 rings (SSSR count). The van der Waals surface area contributed by atoms with Crippen LogP contribution in [0.2, 0.25) is 0 Å². The molecule has 1 saturated carbocycles. The van der Waals surface area contributed by atoms with Crippen molar-refractivity contribution in [1.82, 2.24) is 20.6 Å². The van der Waals surface area contributed by atoms with Gasteiger partial charge in [-0.15, -0.1) is 0 Å². The summed E-state index contributed by atoms with van der Waals surface area (Å²) >= 11 is 0. The van der Waals surface area contributed by atoms with Crippen LogP contribution < -0.4 is 15.4 Å². The van der Waals surface area contributed by atoms with Gasteiger partial charge >= 0.3 is 0 Å². The second kappa shape index (κ2) is 11.6. The summed E-state index contributed by atoms with van der Waals surface area (Å²) in [7, 11) is 1.38. The molecule has 1 aromatic heterocycles. The molecular weight excluding hydrogens is 481 g/mol. The quantitative estimate of drug-likeness (QED) is 0.493. The molecule has 2 amide bonds. The van der Waals surface area contributed by atoms with Crippen LogP contribution in [0.1, 0.15) is 66.6 Å². The van der Waals surface area contributed by atoms with Gasteiger partial charge in [0.15, 0.2) is 11.6 Å². The minimum absolute atomic E-state index is 0.0572. The fourth-order valence-electron chi connectivity index (χ4n) is 4.68. The first-order chi connectivity index (χ1) is 17.7. The Hall–Kier alpha value is -3.60. The summed E-state index contributed by atoms with van der Waals surface area (Å²) < 4.78 is 18.6. The van der Waals surface area contributed by atoms with Crippen molar-refractivity contribution in [3.63, 3.8) is 0 Å². The van der Waals surface area contributed by atoms with Gasteiger partial charge in [0.05, 0.1) is 12.8 Å². The summed E-state index contributed by atoms with van der Waals surface area (Å²) in [5, 5.41) is 19.3. The fraction of sp³-hybridized carbons (Fsp3) is 0.500. The zero-order chi connectivity index (χ0) is 26.5. The molecule has 1 aliphatic carbocycles. The topological polar surface area (TPSA) is 135 Å². The lowest BCUT2D eigenvalue weighted by molar-refractivity contribution is -0.129. The average Bonchev–Trinajstić information content (AvgIpc) is 3.38. The summed E-state index contributed by atoms with van der Waals surface area (Å²) in [5.41, 5.74) is 2.10. The zero-order valence-corrected chi connectivity index (χ0v) is 21.2. The van der Waals surface area contributed by atoms with Crippen LogP contribution in [-0.4, -0.2) is 58.0 Å². The Morgan fingerprint density at radius 1 is 1.22 bits per heavy atom. The Morgan fingerprint density at radius 3 is 2.68 bits per heavy atom. The van der Waals surface area contributed by atoms with Gasteiger partial charge in [0.1, 0.15) is 29.4 Å². The van der Waals surface area contributed by atoms with Crippen molar-refractivity contribution in [3.05, 3.63) is 52.9 Å². The van der Waals surface area contributed by atoms with Gasteiger partial charge in [0, 0.05) is 19.0 Å². The van der Waals surface area contributed by atoms with E-state index in [1.807, 2.05) is 0 Å². The Labute approximate surface area is 214 Å². The van der Waals surface area contributed by atoms with E-state index in [2.05, 4.69) is 25.8 Å². The summed E-state index contributed by atoms with van der Waals surface area (Å²) in [5.74, 6) is -0.362. The molecule has 2 aromatic rings. The molecule has 0 saturated heterocycles. The molecule has 10 nitrogen and oxygen atoms in total. The standard InChI is InChI=1S/C26H32FN5O5/c1-14(33)25(34)31-18-7-5-17(6-8-18)23-12-21(32-37-23)20-11-22(30-15(2)29-20)26(35)28-13-16-4-9-19(27)24(10-16)36-3/h4,9-11,14,17-18,23,33H,5-8,12-13H2,1-3H3,(H,28,35)(H,31,34)/t14-,17?,18?,23+/m0/s1. The largest absolute Gasteiger partial charge is 0.494 e. The molecule has 0 radical (unpaired) electrons. The lowest BCUT2D eigenvalue weighted by Gasteiger charge is -2.31. The number of benzene rings is 1. The maximum absolute atomic E-state index is 13.6. The molecular formula is C26H32FN5O5. The molecule has 1 aliphatic heterocycles. The molecule has 198 valence electrons. The summed E-state index contributed by atoms with van der Waals surface area (Å²) in [4.78, 5) is 39.0. The monoisotopic (exact) mass is 513 g/mol. The van der Waals surface area contributed by atoms with Crippen LogP contribution >= 0.6 is 0 Å². The SMILES string of the molecule is COc1cc(CNC(=O)c2cc(C3=NO[C@@H](C4CCC(NC(=O)[C@H](C)O)CC4)C3)nc(C)n2)ccc1F. The van der Waals surface area contributed by atoms with Gasteiger partial charge in [-0.05, 0) is 69.2 Å². The lowest BCUT2D eigenvalue weighted by atomic mass is 9.81. The summed E-state index contributed by atoms with van der Waals surface area (Å²) in [6.45, 7) is 3.35. The van der Waals surface area contributed by atoms with Crippen LogP contribution in [0.5, 0.6) is 5.75 Å². The van der Waals surface area contributed by atoms with Gasteiger partial charge in [-0.1, -0.05) is 11.2 Å². The number of carbonyl (C=O) groups is 2. The van der Waals surface area contributed by atoms with E-state index >= 15 is 0 Å². The van der Waals surface area contributed by atoms with Gasteiger partial charge in [-0.3, -0.25) is 9.59 Å². The number of aliphatic hydroxyl groups is 1. The highest BCUT2D eigenvalue weighted by Gasteiger charge is 2.34. The van der Waals surface area contributed by atoms with E-state index in [4.69, 9.17) is 9.57 Å². The number of halogens is 1. The maximum atomic E-state index is 13.6. The third-order valence-corrected chi connectivity index (χ3v) is 6.75. The number of oxime groups is 1. The number of amides is 2. The van der Waals surface area contributed by atoms with Crippen LogP contribution in [0.15, 0.2) is 29.4 Å². The molecule has 1 aromatic carbocycles. The smallest absolute Gasteiger partial charge is 0.270 e. The number of hydrogen-bond acceptors (Lipinski definition) is 8. The minimum atomic E-state index is -1.01. The molecule has 3 N–H and O–H groups in total. The first kappa shape index (κ1) is 26.5. The number of carbonyl (C=O) groups excluding carboxylic acids is 2. The summed E-state index contributed by atoms with van der Waals surface area (Å²) in [6, 6.07) is 6.06. The van der Waals surface area contributed by atoms with Crippen molar-refractivity contribution in [2.45, 2.75) is 70.7 Å². The second-order valence-electron chi connectivity index (χ2n) is 9.52. The van der Waals surface area contributed by atoms with E-state index in [1.165, 1.54) is 26.2 Å². The van der Waals surface area contributed by atoms with Crippen molar-refractivity contribution in [1.29, 1.82) is 0 Å². The van der Waals surface area contributed by atoms with Gasteiger partial charge in [0.2, 0.25) is 5.91 Å². The molecule has 37 heavy (non-hydrogen) atoms. The normalized spacial score (nSPS) is 22.0. The highest BCUT2D eigenvalue weighted by molar-refractivity contribution is 6.01. The van der Waals surface area contributed by atoms with Crippen molar-refractivity contribution in [2.75, 3.05) is 7.11 Å². The maximum Gasteiger partial charge on any atom is 0.270 e. The Morgan fingerprint density at radius 2 is 1.97 bits per heavy atom. The van der Waals surface area contributed by atoms with Gasteiger partial charge in [0.25, 0.3) is 5.91 Å².